The minimum atomic E-state index is -0.0564. The van der Waals surface area contributed by atoms with E-state index in [1.807, 2.05) is 16.6 Å². The summed E-state index contributed by atoms with van der Waals surface area (Å²) < 4.78 is 3.60. The molecule has 9 heteroatoms. The van der Waals surface area contributed by atoms with E-state index in [1.165, 1.54) is 19.0 Å². The zero-order chi connectivity index (χ0) is 18.4. The van der Waals surface area contributed by atoms with E-state index in [9.17, 15) is 4.79 Å². The van der Waals surface area contributed by atoms with Crippen LogP contribution in [-0.4, -0.2) is 67.0 Å². The molecule has 0 spiro atoms. The summed E-state index contributed by atoms with van der Waals surface area (Å²) >= 11 is 0. The zero-order valence-electron chi connectivity index (χ0n) is 15.3. The molecule has 0 aromatic carbocycles. The maximum Gasteiger partial charge on any atom is 0.269 e. The molecular weight excluding hydrogens is 344 g/mol. The minimum Gasteiger partial charge on any atom is -0.352 e. The van der Waals surface area contributed by atoms with Crippen LogP contribution in [0.1, 0.15) is 24.6 Å². The van der Waals surface area contributed by atoms with Crippen LogP contribution in [0.2, 0.25) is 0 Å². The Labute approximate surface area is 156 Å². The molecule has 3 aromatic heterocycles. The van der Waals surface area contributed by atoms with Crippen molar-refractivity contribution in [3.63, 3.8) is 0 Å². The molecule has 27 heavy (non-hydrogen) atoms. The lowest BCUT2D eigenvalue weighted by atomic mass is 10.1. The Morgan fingerprint density at radius 2 is 2.07 bits per heavy atom. The molecule has 1 aliphatic carbocycles. The van der Waals surface area contributed by atoms with Gasteiger partial charge in [0.15, 0.2) is 11.5 Å². The lowest BCUT2D eigenvalue weighted by Gasteiger charge is -2.44. The van der Waals surface area contributed by atoms with Crippen LogP contribution in [0.25, 0.3) is 5.65 Å². The average Bonchev–Trinajstić information content (AvgIpc) is 3.39. The quantitative estimate of drug-likeness (QED) is 0.623. The van der Waals surface area contributed by atoms with Gasteiger partial charge in [-0.2, -0.15) is 4.52 Å². The molecule has 0 atom stereocenters. The molecule has 5 rings (SSSR count). The van der Waals surface area contributed by atoms with Gasteiger partial charge in [0.25, 0.3) is 5.56 Å². The van der Waals surface area contributed by atoms with E-state index in [0.717, 1.165) is 36.9 Å². The zero-order valence-corrected chi connectivity index (χ0v) is 15.3. The second-order valence-electron chi connectivity index (χ2n) is 7.44. The third-order valence-corrected chi connectivity index (χ3v) is 5.52. The van der Waals surface area contributed by atoms with E-state index in [4.69, 9.17) is 5.10 Å². The highest BCUT2D eigenvalue weighted by Crippen LogP contribution is 2.38. The molecule has 4 heterocycles. The molecule has 1 saturated carbocycles. The Kier molecular flexibility index (Phi) is 3.89. The van der Waals surface area contributed by atoms with E-state index in [-0.39, 0.29) is 5.56 Å². The molecule has 2 aliphatic rings. The van der Waals surface area contributed by atoms with Gasteiger partial charge in [-0.25, -0.2) is 0 Å². The molecule has 0 amide bonds. The van der Waals surface area contributed by atoms with Gasteiger partial charge in [-0.15, -0.1) is 15.3 Å². The van der Waals surface area contributed by atoms with E-state index in [0.29, 0.717) is 18.5 Å². The average molecular weight is 366 g/mol. The van der Waals surface area contributed by atoms with Gasteiger partial charge < -0.3 is 9.47 Å². The van der Waals surface area contributed by atoms with Gasteiger partial charge in [-0.3, -0.25) is 14.7 Å². The fraction of sp³-hybridized carbons (Fsp3) is 0.500. The van der Waals surface area contributed by atoms with Crippen LogP contribution in [0.3, 0.4) is 0 Å². The lowest BCUT2D eigenvalue weighted by molar-refractivity contribution is 0.197. The first-order valence-corrected chi connectivity index (χ1v) is 9.37. The number of likely N-dealkylation sites (N-methyl/N-ethyl adjacent to an activating group) is 1. The monoisotopic (exact) mass is 366 g/mol. The van der Waals surface area contributed by atoms with E-state index in [2.05, 4.69) is 32.0 Å². The second-order valence-corrected chi connectivity index (χ2v) is 7.44. The molecule has 2 fully saturated rings. The van der Waals surface area contributed by atoms with E-state index >= 15 is 0 Å². The summed E-state index contributed by atoms with van der Waals surface area (Å²) in [6, 6.07) is 4.48. The van der Waals surface area contributed by atoms with Crippen LogP contribution in [0.4, 0.5) is 5.82 Å². The maximum atomic E-state index is 11.7. The van der Waals surface area contributed by atoms with E-state index in [1.54, 1.807) is 17.0 Å². The molecule has 1 aliphatic heterocycles. The third kappa shape index (κ3) is 3.08. The molecule has 0 radical (unpaired) electrons. The van der Waals surface area contributed by atoms with Crippen molar-refractivity contribution in [2.45, 2.75) is 31.3 Å². The smallest absolute Gasteiger partial charge is 0.269 e. The first-order valence-electron chi connectivity index (χ1n) is 9.37. The minimum absolute atomic E-state index is 0.0564. The van der Waals surface area contributed by atoms with Gasteiger partial charge in [-0.05, 0) is 32.0 Å². The normalized spacial score (nSPS) is 17.6. The Morgan fingerprint density at radius 1 is 1.22 bits per heavy atom. The number of hydrogen-bond acceptors (Lipinski definition) is 7. The van der Waals surface area contributed by atoms with Crippen molar-refractivity contribution in [2.24, 2.45) is 0 Å². The number of nitrogens with zero attached hydrogens (tertiary/aromatic N) is 8. The predicted molar refractivity (Wildman–Crippen MR) is 99.9 cm³/mol. The van der Waals surface area contributed by atoms with Crippen LogP contribution in [-0.2, 0) is 6.54 Å². The number of anilines is 1. The van der Waals surface area contributed by atoms with Crippen LogP contribution in [0, 0.1) is 0 Å². The summed E-state index contributed by atoms with van der Waals surface area (Å²) in [6.07, 6.45) is 7.11. The summed E-state index contributed by atoms with van der Waals surface area (Å²) in [5.74, 6) is 2.48. The molecule has 9 nitrogen and oxygen atoms in total. The topological polar surface area (TPSA) is 84.5 Å². The predicted octanol–water partition coefficient (Wildman–Crippen LogP) is 0.379. The fourth-order valence-electron chi connectivity index (χ4n) is 3.49. The highest BCUT2D eigenvalue weighted by molar-refractivity contribution is 5.48. The summed E-state index contributed by atoms with van der Waals surface area (Å²) in [5, 5.41) is 13.3. The fourth-order valence-corrected chi connectivity index (χ4v) is 3.49. The first-order chi connectivity index (χ1) is 13.2. The van der Waals surface area contributed by atoms with Crippen molar-refractivity contribution in [3.8, 4) is 0 Å². The number of rotatable bonds is 6. The largest absolute Gasteiger partial charge is 0.352 e. The summed E-state index contributed by atoms with van der Waals surface area (Å²) in [7, 11) is 2.11. The molecule has 0 unspecified atom stereocenters. The number of aromatic nitrogens is 6. The Balaban J connectivity index is 1.21. The van der Waals surface area contributed by atoms with Gasteiger partial charge in [0.05, 0.1) is 6.20 Å². The van der Waals surface area contributed by atoms with Gasteiger partial charge in [0, 0.05) is 50.5 Å². The summed E-state index contributed by atoms with van der Waals surface area (Å²) in [4.78, 5) is 20.2. The molecule has 0 bridgehead atoms. The Hall–Kier alpha value is -2.81. The number of fused-ring (bicyclic) bond motifs is 1. The number of hydrogen-bond donors (Lipinski definition) is 0. The van der Waals surface area contributed by atoms with Crippen molar-refractivity contribution in [2.75, 3.05) is 31.6 Å². The van der Waals surface area contributed by atoms with Gasteiger partial charge in [0.2, 0.25) is 0 Å². The van der Waals surface area contributed by atoms with Crippen molar-refractivity contribution < 1.29 is 0 Å². The van der Waals surface area contributed by atoms with Crippen molar-refractivity contribution in [1.82, 2.24) is 34.3 Å². The summed E-state index contributed by atoms with van der Waals surface area (Å²) in [5.41, 5.74) is 0.761. The molecule has 3 aromatic rings. The lowest BCUT2D eigenvalue weighted by Crippen LogP contribution is -2.59. The van der Waals surface area contributed by atoms with Gasteiger partial charge in [0.1, 0.15) is 5.82 Å². The van der Waals surface area contributed by atoms with Crippen LogP contribution in [0.15, 0.2) is 35.5 Å². The highest BCUT2D eigenvalue weighted by Gasteiger charge is 2.32. The van der Waals surface area contributed by atoms with Gasteiger partial charge in [-0.1, -0.05) is 0 Å². The van der Waals surface area contributed by atoms with Crippen LogP contribution < -0.4 is 10.5 Å². The second kappa shape index (κ2) is 6.41. The van der Waals surface area contributed by atoms with Crippen LogP contribution >= 0.6 is 0 Å². The van der Waals surface area contributed by atoms with Crippen LogP contribution in [0.5, 0.6) is 0 Å². The SMILES string of the molecule is CN(CCn1ccncc1=O)C1CN(c2ccc3nnc(C4CC4)n3n2)C1. The maximum absolute atomic E-state index is 11.7. The molecule has 1 saturated heterocycles. The standard InChI is InChI=1S/C18H22N8O/c1-23(8-9-24-7-6-19-10-17(24)27)14-11-25(12-14)16-5-4-15-20-21-18(13-2-3-13)26(15)22-16/h4-7,10,13-14H,2-3,8-9,11-12H2,1H3. The van der Waals surface area contributed by atoms with Crippen molar-refractivity contribution in [1.29, 1.82) is 0 Å². The highest BCUT2D eigenvalue weighted by atomic mass is 16.1. The molecule has 140 valence electrons. The van der Waals surface area contributed by atoms with Gasteiger partial charge >= 0.3 is 0 Å². The van der Waals surface area contributed by atoms with Crippen molar-refractivity contribution >= 4 is 11.5 Å². The summed E-state index contributed by atoms with van der Waals surface area (Å²) in [6.45, 7) is 3.36. The Morgan fingerprint density at radius 3 is 2.85 bits per heavy atom. The Bertz CT molecular complexity index is 1020. The molecular formula is C18H22N8O. The first kappa shape index (κ1) is 16.4. The third-order valence-electron chi connectivity index (χ3n) is 5.52. The van der Waals surface area contributed by atoms with E-state index < -0.39 is 0 Å². The van der Waals surface area contributed by atoms with Crippen molar-refractivity contribution in [3.05, 3.63) is 46.9 Å². The molecule has 0 N–H and O–H groups in total.